The first-order valence-corrected chi connectivity index (χ1v) is 7.32. The summed E-state index contributed by atoms with van der Waals surface area (Å²) in [5, 5.41) is 20.0. The molecule has 1 heterocycles. The average molecular weight is 321 g/mol. The van der Waals surface area contributed by atoms with Crippen molar-refractivity contribution in [2.24, 2.45) is 0 Å². The molecule has 0 radical (unpaired) electrons. The maximum atomic E-state index is 12.2. The van der Waals surface area contributed by atoms with Crippen molar-refractivity contribution < 1.29 is 9.84 Å². The van der Waals surface area contributed by atoms with E-state index in [2.05, 4.69) is 0 Å². The molecule has 0 amide bonds. The van der Waals surface area contributed by atoms with E-state index in [9.17, 15) is 9.90 Å². The van der Waals surface area contributed by atoms with Crippen LogP contribution in [0.25, 0.3) is 10.9 Å². The topological polar surface area (TPSA) is 75.2 Å². The van der Waals surface area contributed by atoms with Crippen molar-refractivity contribution in [1.82, 2.24) is 4.57 Å². The van der Waals surface area contributed by atoms with Gasteiger partial charge in [0.05, 0.1) is 30.9 Å². The Hall–Kier alpha value is -1.87. The van der Waals surface area contributed by atoms with Gasteiger partial charge >= 0.3 is 0 Å². The molecule has 0 saturated carbocycles. The third kappa shape index (κ3) is 3.66. The number of rotatable bonds is 5. The highest BCUT2D eigenvalue weighted by Crippen LogP contribution is 2.18. The number of aromatic nitrogens is 1. The Morgan fingerprint density at radius 2 is 2.18 bits per heavy atom. The number of benzene rings is 1. The zero-order valence-corrected chi connectivity index (χ0v) is 13.2. The van der Waals surface area contributed by atoms with Gasteiger partial charge in [-0.3, -0.25) is 4.79 Å². The van der Waals surface area contributed by atoms with Gasteiger partial charge in [0.25, 0.3) is 0 Å². The molecule has 1 atom stereocenters. The Morgan fingerprint density at radius 1 is 1.45 bits per heavy atom. The molecule has 0 aliphatic carbocycles. The van der Waals surface area contributed by atoms with E-state index in [1.165, 1.54) is 12.3 Å². The lowest BCUT2D eigenvalue weighted by Gasteiger charge is -2.17. The van der Waals surface area contributed by atoms with Gasteiger partial charge in [0.2, 0.25) is 5.43 Å². The summed E-state index contributed by atoms with van der Waals surface area (Å²) in [6.07, 6.45) is 0.737. The fourth-order valence-corrected chi connectivity index (χ4v) is 2.36. The second kappa shape index (κ2) is 6.93. The van der Waals surface area contributed by atoms with Gasteiger partial charge in [-0.25, -0.2) is 0 Å². The van der Waals surface area contributed by atoms with Crippen molar-refractivity contribution in [2.45, 2.75) is 32.6 Å². The van der Waals surface area contributed by atoms with Crippen LogP contribution in [0.15, 0.2) is 29.2 Å². The van der Waals surface area contributed by atoms with Gasteiger partial charge in [-0.1, -0.05) is 11.6 Å². The number of fused-ring (bicyclic) bond motifs is 1. The van der Waals surface area contributed by atoms with Crippen LogP contribution in [-0.2, 0) is 11.3 Å². The molecule has 0 aliphatic heterocycles. The summed E-state index contributed by atoms with van der Waals surface area (Å²) in [5.41, 5.74) is 0.285. The minimum absolute atomic E-state index is 0.0201. The second-order valence-electron chi connectivity index (χ2n) is 5.33. The third-order valence-corrected chi connectivity index (χ3v) is 3.43. The third-order valence-electron chi connectivity index (χ3n) is 3.19. The van der Waals surface area contributed by atoms with Crippen LogP contribution >= 0.6 is 11.6 Å². The SMILES string of the molecule is CC(C)OC[C@H](O)Cn1cc(C#N)c(=O)c2cc(Cl)ccc21. The Labute approximate surface area is 133 Å². The fraction of sp³-hybridized carbons (Fsp3) is 0.375. The second-order valence-corrected chi connectivity index (χ2v) is 5.77. The van der Waals surface area contributed by atoms with Crippen molar-refractivity contribution in [3.8, 4) is 6.07 Å². The highest BCUT2D eigenvalue weighted by atomic mass is 35.5. The summed E-state index contributed by atoms with van der Waals surface area (Å²) in [6, 6.07) is 6.79. The van der Waals surface area contributed by atoms with E-state index in [1.807, 2.05) is 19.9 Å². The van der Waals surface area contributed by atoms with Crippen LogP contribution in [-0.4, -0.2) is 28.5 Å². The number of aliphatic hydroxyl groups is 1. The van der Waals surface area contributed by atoms with Gasteiger partial charge in [0.15, 0.2) is 0 Å². The number of nitriles is 1. The molecule has 116 valence electrons. The first kappa shape index (κ1) is 16.5. The van der Waals surface area contributed by atoms with E-state index < -0.39 is 6.10 Å². The smallest absolute Gasteiger partial charge is 0.207 e. The Balaban J connectivity index is 2.43. The first-order chi connectivity index (χ1) is 10.4. The van der Waals surface area contributed by atoms with Crippen molar-refractivity contribution in [3.63, 3.8) is 0 Å². The van der Waals surface area contributed by atoms with Crippen molar-refractivity contribution in [1.29, 1.82) is 5.26 Å². The molecule has 6 heteroatoms. The van der Waals surface area contributed by atoms with E-state index in [0.717, 1.165) is 0 Å². The minimum atomic E-state index is -0.740. The Bertz CT molecular complexity index is 777. The Kier molecular flexibility index (Phi) is 5.19. The lowest BCUT2D eigenvalue weighted by atomic mass is 10.1. The molecule has 0 spiro atoms. The molecule has 0 unspecified atom stereocenters. The molecule has 0 fully saturated rings. The highest BCUT2D eigenvalue weighted by molar-refractivity contribution is 6.31. The standard InChI is InChI=1S/C16H17ClN2O3/c1-10(2)22-9-13(20)8-19-7-11(6-18)16(21)14-5-12(17)3-4-15(14)19/h3-5,7,10,13,20H,8-9H2,1-2H3/t13-/m1/s1. The zero-order chi connectivity index (χ0) is 16.3. The van der Waals surface area contributed by atoms with Crippen LogP contribution in [0.5, 0.6) is 0 Å². The molecule has 1 N–H and O–H groups in total. The first-order valence-electron chi connectivity index (χ1n) is 6.95. The van der Waals surface area contributed by atoms with E-state index >= 15 is 0 Å². The summed E-state index contributed by atoms with van der Waals surface area (Å²) < 4.78 is 7.06. The number of ether oxygens (including phenoxy) is 1. The van der Waals surface area contributed by atoms with Gasteiger partial charge < -0.3 is 14.4 Å². The number of aliphatic hydroxyl groups excluding tert-OH is 1. The van der Waals surface area contributed by atoms with Crippen molar-refractivity contribution in [3.05, 3.63) is 45.2 Å². The van der Waals surface area contributed by atoms with Gasteiger partial charge in [0.1, 0.15) is 11.6 Å². The summed E-state index contributed by atoms with van der Waals surface area (Å²) in [5.74, 6) is 0. The van der Waals surface area contributed by atoms with Gasteiger partial charge in [-0.05, 0) is 32.0 Å². The molecule has 22 heavy (non-hydrogen) atoms. The predicted molar refractivity (Wildman–Crippen MR) is 85.0 cm³/mol. The van der Waals surface area contributed by atoms with Crippen LogP contribution in [0, 0.1) is 11.3 Å². The van der Waals surface area contributed by atoms with Gasteiger partial charge in [-0.2, -0.15) is 5.26 Å². The van der Waals surface area contributed by atoms with Crippen LogP contribution in [0.1, 0.15) is 19.4 Å². The normalized spacial score (nSPS) is 12.5. The molecular formula is C16H17ClN2O3. The van der Waals surface area contributed by atoms with E-state index in [1.54, 1.807) is 16.7 Å². The van der Waals surface area contributed by atoms with E-state index in [-0.39, 0.29) is 30.2 Å². The predicted octanol–water partition coefficient (Wildman–Crippen LogP) is 2.31. The minimum Gasteiger partial charge on any atom is -0.389 e. The average Bonchev–Trinajstić information content (AvgIpc) is 2.48. The number of halogens is 1. The zero-order valence-electron chi connectivity index (χ0n) is 12.4. The number of hydrogen-bond acceptors (Lipinski definition) is 4. The maximum Gasteiger partial charge on any atom is 0.207 e. The maximum absolute atomic E-state index is 12.2. The van der Waals surface area contributed by atoms with Crippen LogP contribution < -0.4 is 5.43 Å². The highest BCUT2D eigenvalue weighted by Gasteiger charge is 2.13. The largest absolute Gasteiger partial charge is 0.389 e. The molecule has 5 nitrogen and oxygen atoms in total. The molecular weight excluding hydrogens is 304 g/mol. The quantitative estimate of drug-likeness (QED) is 0.917. The van der Waals surface area contributed by atoms with Gasteiger partial charge in [0, 0.05) is 16.6 Å². The molecule has 2 aromatic rings. The lowest BCUT2D eigenvalue weighted by Crippen LogP contribution is -2.25. The molecule has 1 aromatic heterocycles. The van der Waals surface area contributed by atoms with Crippen LogP contribution in [0.3, 0.4) is 0 Å². The summed E-state index contributed by atoms with van der Waals surface area (Å²) >= 11 is 5.93. The molecule has 0 bridgehead atoms. The monoisotopic (exact) mass is 320 g/mol. The summed E-state index contributed by atoms with van der Waals surface area (Å²) in [4.78, 5) is 12.2. The number of nitrogens with zero attached hydrogens (tertiary/aromatic N) is 2. The summed E-state index contributed by atoms with van der Waals surface area (Å²) in [7, 11) is 0. The van der Waals surface area contributed by atoms with E-state index in [4.69, 9.17) is 21.6 Å². The fourth-order valence-electron chi connectivity index (χ4n) is 2.18. The summed E-state index contributed by atoms with van der Waals surface area (Å²) in [6.45, 7) is 4.18. The molecule has 0 saturated heterocycles. The van der Waals surface area contributed by atoms with E-state index in [0.29, 0.717) is 15.9 Å². The van der Waals surface area contributed by atoms with Gasteiger partial charge in [-0.15, -0.1) is 0 Å². The number of pyridine rings is 1. The van der Waals surface area contributed by atoms with Crippen molar-refractivity contribution in [2.75, 3.05) is 6.61 Å². The Morgan fingerprint density at radius 3 is 2.82 bits per heavy atom. The van der Waals surface area contributed by atoms with Crippen LogP contribution in [0.4, 0.5) is 0 Å². The van der Waals surface area contributed by atoms with Crippen molar-refractivity contribution >= 4 is 22.5 Å². The lowest BCUT2D eigenvalue weighted by molar-refractivity contribution is -0.000300. The molecule has 2 rings (SSSR count). The number of hydrogen-bond donors (Lipinski definition) is 1. The molecule has 1 aromatic carbocycles. The van der Waals surface area contributed by atoms with Crippen LogP contribution in [0.2, 0.25) is 5.02 Å². The molecule has 0 aliphatic rings.